The second-order valence-corrected chi connectivity index (χ2v) is 5.93. The average Bonchev–Trinajstić information content (AvgIpc) is 2.76. The fraction of sp³-hybridized carbons (Fsp3) is 0.857. The van der Waals surface area contributed by atoms with Crippen LogP contribution in [0.2, 0.25) is 0 Å². The third-order valence-corrected chi connectivity index (χ3v) is 4.43. The molecule has 0 aromatic heterocycles. The summed E-state index contributed by atoms with van der Waals surface area (Å²) in [5.41, 5.74) is 7.47. The second-order valence-electron chi connectivity index (χ2n) is 5.93. The van der Waals surface area contributed by atoms with Gasteiger partial charge in [-0.2, -0.15) is 0 Å². The van der Waals surface area contributed by atoms with Crippen LogP contribution in [0.1, 0.15) is 51.9 Å². The molecule has 0 aromatic carbocycles. The van der Waals surface area contributed by atoms with Crippen molar-refractivity contribution in [3.8, 4) is 0 Å². The molecule has 86 valence electrons. The highest BCUT2D eigenvalue weighted by Gasteiger charge is 2.39. The Hall–Kier alpha value is -0.300. The van der Waals surface area contributed by atoms with Crippen molar-refractivity contribution in [3.63, 3.8) is 0 Å². The Balaban J connectivity index is 1.70. The van der Waals surface area contributed by atoms with Gasteiger partial charge in [-0.3, -0.25) is 0 Å². The number of allylic oxidation sites excluding steroid dienone is 1. The molecule has 2 bridgehead atoms. The Morgan fingerprint density at radius 3 is 2.73 bits per heavy atom. The van der Waals surface area contributed by atoms with Gasteiger partial charge in [0.25, 0.3) is 0 Å². The summed E-state index contributed by atoms with van der Waals surface area (Å²) in [5.74, 6) is 3.06. The number of hydrogen-bond acceptors (Lipinski definition) is 1. The molecule has 1 heteroatoms. The molecule has 2 fully saturated rings. The third kappa shape index (κ3) is 2.84. The standard InChI is InChI=1S/C14H25N/c1-10(2)3-6-14(15)9-13-8-11-4-5-12(13)7-11/h11-14H,1,3-9,15H2,2H3. The van der Waals surface area contributed by atoms with Gasteiger partial charge in [-0.1, -0.05) is 12.0 Å². The second kappa shape index (κ2) is 4.69. The van der Waals surface area contributed by atoms with Gasteiger partial charge in [0.05, 0.1) is 0 Å². The predicted molar refractivity (Wildman–Crippen MR) is 65.6 cm³/mol. The van der Waals surface area contributed by atoms with Gasteiger partial charge in [0.2, 0.25) is 0 Å². The lowest BCUT2D eigenvalue weighted by atomic mass is 9.83. The van der Waals surface area contributed by atoms with Gasteiger partial charge in [0.15, 0.2) is 0 Å². The summed E-state index contributed by atoms with van der Waals surface area (Å²) < 4.78 is 0. The molecule has 2 N–H and O–H groups in total. The summed E-state index contributed by atoms with van der Waals surface area (Å²) in [5, 5.41) is 0. The summed E-state index contributed by atoms with van der Waals surface area (Å²) in [6.07, 6.45) is 9.51. The van der Waals surface area contributed by atoms with Crippen LogP contribution >= 0.6 is 0 Å². The molecule has 0 saturated heterocycles. The normalized spacial score (nSPS) is 35.7. The topological polar surface area (TPSA) is 26.0 Å². The highest BCUT2D eigenvalue weighted by atomic mass is 14.6. The minimum absolute atomic E-state index is 0.422. The zero-order valence-electron chi connectivity index (χ0n) is 10.0. The van der Waals surface area contributed by atoms with E-state index in [9.17, 15) is 0 Å². The van der Waals surface area contributed by atoms with Crippen LogP contribution in [0.3, 0.4) is 0 Å². The first-order valence-corrected chi connectivity index (χ1v) is 6.55. The van der Waals surface area contributed by atoms with Crippen molar-refractivity contribution in [2.24, 2.45) is 23.5 Å². The van der Waals surface area contributed by atoms with E-state index in [1.165, 1.54) is 37.7 Å². The van der Waals surface area contributed by atoms with Crippen LogP contribution in [0, 0.1) is 17.8 Å². The molecule has 0 radical (unpaired) electrons. The van der Waals surface area contributed by atoms with Gasteiger partial charge in [-0.15, -0.1) is 6.58 Å². The smallest absolute Gasteiger partial charge is 0.00446 e. The maximum Gasteiger partial charge on any atom is 0.00446 e. The van der Waals surface area contributed by atoms with Crippen LogP contribution in [-0.2, 0) is 0 Å². The molecule has 2 rings (SSSR count). The van der Waals surface area contributed by atoms with E-state index in [0.717, 1.165) is 30.6 Å². The van der Waals surface area contributed by atoms with E-state index in [-0.39, 0.29) is 0 Å². The predicted octanol–water partition coefficient (Wildman–Crippen LogP) is 3.50. The number of rotatable bonds is 5. The summed E-state index contributed by atoms with van der Waals surface area (Å²) in [6.45, 7) is 6.04. The molecule has 0 heterocycles. The van der Waals surface area contributed by atoms with Crippen LogP contribution in [-0.4, -0.2) is 6.04 Å². The van der Waals surface area contributed by atoms with E-state index in [4.69, 9.17) is 5.73 Å². The maximum absolute atomic E-state index is 6.19. The largest absolute Gasteiger partial charge is 0.328 e. The van der Waals surface area contributed by atoms with E-state index in [2.05, 4.69) is 13.5 Å². The van der Waals surface area contributed by atoms with E-state index >= 15 is 0 Å². The van der Waals surface area contributed by atoms with Gasteiger partial charge in [0, 0.05) is 6.04 Å². The van der Waals surface area contributed by atoms with Crippen LogP contribution in [0.15, 0.2) is 12.2 Å². The van der Waals surface area contributed by atoms with Gasteiger partial charge in [-0.05, 0) is 63.2 Å². The van der Waals surface area contributed by atoms with Crippen molar-refractivity contribution < 1.29 is 0 Å². The summed E-state index contributed by atoms with van der Waals surface area (Å²) in [4.78, 5) is 0. The van der Waals surface area contributed by atoms with E-state index in [1.807, 2.05) is 0 Å². The maximum atomic E-state index is 6.19. The minimum Gasteiger partial charge on any atom is -0.328 e. The van der Waals surface area contributed by atoms with Crippen molar-refractivity contribution >= 4 is 0 Å². The molecule has 0 spiro atoms. The zero-order valence-corrected chi connectivity index (χ0v) is 10.0. The molecule has 0 aliphatic heterocycles. The molecule has 2 saturated carbocycles. The summed E-state index contributed by atoms with van der Waals surface area (Å²) >= 11 is 0. The molecule has 2 aliphatic rings. The minimum atomic E-state index is 0.422. The Bertz CT molecular complexity index is 233. The molecule has 1 nitrogen and oxygen atoms in total. The molecular formula is C14H25N. The molecule has 0 amide bonds. The quantitative estimate of drug-likeness (QED) is 0.686. The summed E-state index contributed by atoms with van der Waals surface area (Å²) in [6, 6.07) is 0.422. The van der Waals surface area contributed by atoms with Gasteiger partial charge < -0.3 is 5.73 Å². The highest BCUT2D eigenvalue weighted by Crippen LogP contribution is 2.49. The average molecular weight is 207 g/mol. The zero-order chi connectivity index (χ0) is 10.8. The van der Waals surface area contributed by atoms with Crippen molar-refractivity contribution in [2.45, 2.75) is 57.9 Å². The first-order valence-electron chi connectivity index (χ1n) is 6.55. The number of nitrogens with two attached hydrogens (primary N) is 1. The van der Waals surface area contributed by atoms with Crippen molar-refractivity contribution in [1.82, 2.24) is 0 Å². The Morgan fingerprint density at radius 1 is 1.40 bits per heavy atom. The Morgan fingerprint density at radius 2 is 2.20 bits per heavy atom. The summed E-state index contributed by atoms with van der Waals surface area (Å²) in [7, 11) is 0. The third-order valence-electron chi connectivity index (χ3n) is 4.43. The SMILES string of the molecule is C=C(C)CCC(N)CC1CC2CCC1C2. The van der Waals surface area contributed by atoms with Crippen LogP contribution in [0.4, 0.5) is 0 Å². The van der Waals surface area contributed by atoms with Crippen LogP contribution < -0.4 is 5.73 Å². The molecule has 4 unspecified atom stereocenters. The van der Waals surface area contributed by atoms with Crippen molar-refractivity contribution in [3.05, 3.63) is 12.2 Å². The van der Waals surface area contributed by atoms with Crippen LogP contribution in [0.25, 0.3) is 0 Å². The lowest BCUT2D eigenvalue weighted by Crippen LogP contribution is -2.26. The Kier molecular flexibility index (Phi) is 3.50. The van der Waals surface area contributed by atoms with Gasteiger partial charge in [0.1, 0.15) is 0 Å². The Labute approximate surface area is 94.1 Å². The monoisotopic (exact) mass is 207 g/mol. The molecule has 2 aliphatic carbocycles. The van der Waals surface area contributed by atoms with Gasteiger partial charge in [-0.25, -0.2) is 0 Å². The van der Waals surface area contributed by atoms with E-state index in [1.54, 1.807) is 0 Å². The lowest BCUT2D eigenvalue weighted by Gasteiger charge is -2.24. The number of fused-ring (bicyclic) bond motifs is 2. The number of hydrogen-bond donors (Lipinski definition) is 1. The van der Waals surface area contributed by atoms with Crippen LogP contribution in [0.5, 0.6) is 0 Å². The lowest BCUT2D eigenvalue weighted by molar-refractivity contribution is 0.290. The van der Waals surface area contributed by atoms with E-state index in [0.29, 0.717) is 6.04 Å². The fourth-order valence-electron chi connectivity index (χ4n) is 3.60. The van der Waals surface area contributed by atoms with Crippen molar-refractivity contribution in [1.29, 1.82) is 0 Å². The molecule has 0 aromatic rings. The molecular weight excluding hydrogens is 182 g/mol. The van der Waals surface area contributed by atoms with Crippen molar-refractivity contribution in [2.75, 3.05) is 0 Å². The highest BCUT2D eigenvalue weighted by molar-refractivity contribution is 4.93. The van der Waals surface area contributed by atoms with E-state index < -0.39 is 0 Å². The molecule has 15 heavy (non-hydrogen) atoms. The first kappa shape index (κ1) is 11.2. The fourth-order valence-corrected chi connectivity index (χ4v) is 3.60. The first-order chi connectivity index (χ1) is 7.15. The molecule has 4 atom stereocenters. The van der Waals surface area contributed by atoms with Gasteiger partial charge >= 0.3 is 0 Å².